The number of esters is 1. The molecule has 0 saturated carbocycles. The number of nitrogens with zero attached hydrogens (tertiary/aromatic N) is 1. The molecule has 2 atom stereocenters. The summed E-state index contributed by atoms with van der Waals surface area (Å²) in [6.45, 7) is 1.68. The maximum absolute atomic E-state index is 11.1. The summed E-state index contributed by atoms with van der Waals surface area (Å²) in [6, 6.07) is 0.277. The summed E-state index contributed by atoms with van der Waals surface area (Å²) < 4.78 is 4.60. The zero-order valence-electron chi connectivity index (χ0n) is 6.83. The Bertz CT molecular complexity index is 239. The summed E-state index contributed by atoms with van der Waals surface area (Å²) in [7, 11) is 1.38. The van der Waals surface area contributed by atoms with Gasteiger partial charge in [0.05, 0.1) is 13.2 Å². The van der Waals surface area contributed by atoms with Gasteiger partial charge in [-0.2, -0.15) is 5.10 Å². The SMILES string of the molecule is COC(=O)C1=NNC2CNCC12. The largest absolute Gasteiger partial charge is 0.464 e. The van der Waals surface area contributed by atoms with Gasteiger partial charge in [0.2, 0.25) is 0 Å². The summed E-state index contributed by atoms with van der Waals surface area (Å²) in [5.41, 5.74) is 3.43. The lowest BCUT2D eigenvalue weighted by Gasteiger charge is -2.06. The first-order valence-corrected chi connectivity index (χ1v) is 3.95. The minimum absolute atomic E-state index is 0.192. The maximum atomic E-state index is 11.1. The quantitative estimate of drug-likeness (QED) is 0.479. The fourth-order valence-corrected chi connectivity index (χ4v) is 1.64. The minimum atomic E-state index is -0.321. The van der Waals surface area contributed by atoms with E-state index in [4.69, 9.17) is 0 Å². The van der Waals surface area contributed by atoms with Gasteiger partial charge < -0.3 is 15.5 Å². The number of hydrogen-bond donors (Lipinski definition) is 2. The first kappa shape index (κ1) is 7.54. The van der Waals surface area contributed by atoms with Crippen LogP contribution in [0.5, 0.6) is 0 Å². The molecule has 66 valence electrons. The van der Waals surface area contributed by atoms with Crippen molar-refractivity contribution in [3.63, 3.8) is 0 Å². The van der Waals surface area contributed by atoms with Crippen LogP contribution in [0.15, 0.2) is 5.10 Å². The van der Waals surface area contributed by atoms with Gasteiger partial charge in [-0.1, -0.05) is 0 Å². The van der Waals surface area contributed by atoms with Crippen LogP contribution in [0.4, 0.5) is 0 Å². The minimum Gasteiger partial charge on any atom is -0.464 e. The average molecular weight is 169 g/mol. The van der Waals surface area contributed by atoms with Crippen LogP contribution in [-0.2, 0) is 9.53 Å². The van der Waals surface area contributed by atoms with E-state index >= 15 is 0 Å². The number of methoxy groups -OCH3 is 1. The second kappa shape index (κ2) is 2.75. The smallest absolute Gasteiger partial charge is 0.354 e. The standard InChI is InChI=1S/C7H11N3O2/c1-12-7(11)6-4-2-8-3-5(4)9-10-6/h4-5,8-9H,2-3H2,1H3. The average Bonchev–Trinajstić information content (AvgIpc) is 2.62. The summed E-state index contributed by atoms with van der Waals surface area (Å²) in [5.74, 6) is -0.129. The van der Waals surface area contributed by atoms with Crippen LogP contribution in [0, 0.1) is 5.92 Å². The zero-order valence-corrected chi connectivity index (χ0v) is 6.83. The van der Waals surface area contributed by atoms with Gasteiger partial charge in [0.15, 0.2) is 5.71 Å². The monoisotopic (exact) mass is 169 g/mol. The van der Waals surface area contributed by atoms with Crippen molar-refractivity contribution in [1.82, 2.24) is 10.7 Å². The number of hydrazone groups is 1. The molecule has 5 heteroatoms. The van der Waals surface area contributed by atoms with Crippen LogP contribution in [0.2, 0.25) is 0 Å². The number of hydrogen-bond acceptors (Lipinski definition) is 5. The number of carbonyl (C=O) groups excluding carboxylic acids is 1. The normalized spacial score (nSPS) is 32.2. The van der Waals surface area contributed by atoms with Crippen LogP contribution >= 0.6 is 0 Å². The molecule has 0 spiro atoms. The Hall–Kier alpha value is -1.10. The Morgan fingerprint density at radius 3 is 3.25 bits per heavy atom. The van der Waals surface area contributed by atoms with Crippen molar-refractivity contribution in [2.45, 2.75) is 6.04 Å². The molecule has 2 aliphatic heterocycles. The van der Waals surface area contributed by atoms with E-state index in [2.05, 4.69) is 20.6 Å². The van der Waals surface area contributed by atoms with Gasteiger partial charge in [0, 0.05) is 19.0 Å². The lowest BCUT2D eigenvalue weighted by atomic mass is 10.0. The molecule has 2 unspecified atom stereocenters. The fourth-order valence-electron chi connectivity index (χ4n) is 1.64. The summed E-state index contributed by atoms with van der Waals surface area (Å²) in [6.07, 6.45) is 0. The van der Waals surface area contributed by atoms with Crippen molar-refractivity contribution >= 4 is 11.7 Å². The van der Waals surface area contributed by atoms with Crippen molar-refractivity contribution in [3.8, 4) is 0 Å². The highest BCUT2D eigenvalue weighted by Gasteiger charge is 2.39. The zero-order chi connectivity index (χ0) is 8.55. The predicted molar refractivity (Wildman–Crippen MR) is 42.7 cm³/mol. The molecule has 2 aliphatic rings. The third-order valence-corrected chi connectivity index (χ3v) is 2.31. The number of rotatable bonds is 1. The molecule has 0 aromatic heterocycles. The molecule has 0 amide bonds. The Kier molecular flexibility index (Phi) is 1.73. The molecule has 2 N–H and O–H groups in total. The van der Waals surface area contributed by atoms with E-state index in [0.717, 1.165) is 13.1 Å². The highest BCUT2D eigenvalue weighted by Crippen LogP contribution is 2.17. The van der Waals surface area contributed by atoms with Gasteiger partial charge in [-0.15, -0.1) is 0 Å². The van der Waals surface area contributed by atoms with Gasteiger partial charge in [0.1, 0.15) is 0 Å². The highest BCUT2D eigenvalue weighted by molar-refractivity contribution is 6.38. The molecule has 0 aromatic rings. The Balaban J connectivity index is 2.12. The summed E-state index contributed by atoms with van der Waals surface area (Å²) >= 11 is 0. The molecular weight excluding hydrogens is 158 g/mol. The van der Waals surface area contributed by atoms with Gasteiger partial charge in [-0.25, -0.2) is 4.79 Å². The lowest BCUT2D eigenvalue weighted by Crippen LogP contribution is -2.30. The predicted octanol–water partition coefficient (Wildman–Crippen LogP) is -1.29. The number of nitrogens with one attached hydrogen (secondary N) is 2. The lowest BCUT2D eigenvalue weighted by molar-refractivity contribution is -0.133. The molecule has 0 radical (unpaired) electrons. The number of fused-ring (bicyclic) bond motifs is 1. The second-order valence-corrected chi connectivity index (χ2v) is 2.99. The third kappa shape index (κ3) is 0.972. The summed E-state index contributed by atoms with van der Waals surface area (Å²) in [5, 5.41) is 7.13. The Labute approximate surface area is 70.2 Å². The van der Waals surface area contributed by atoms with Crippen molar-refractivity contribution < 1.29 is 9.53 Å². The van der Waals surface area contributed by atoms with Gasteiger partial charge in [0.25, 0.3) is 0 Å². The van der Waals surface area contributed by atoms with E-state index in [1.54, 1.807) is 0 Å². The molecule has 0 bridgehead atoms. The third-order valence-electron chi connectivity index (χ3n) is 2.31. The molecule has 1 fully saturated rings. The molecule has 0 aromatic carbocycles. The first-order chi connectivity index (χ1) is 5.83. The molecule has 2 heterocycles. The molecule has 5 nitrogen and oxygen atoms in total. The maximum Gasteiger partial charge on any atom is 0.354 e. The highest BCUT2D eigenvalue weighted by atomic mass is 16.5. The second-order valence-electron chi connectivity index (χ2n) is 2.99. The van der Waals surface area contributed by atoms with Crippen LogP contribution in [0.1, 0.15) is 0 Å². The van der Waals surface area contributed by atoms with E-state index in [0.29, 0.717) is 5.71 Å². The number of carbonyl (C=O) groups is 1. The van der Waals surface area contributed by atoms with Crippen LogP contribution in [0.3, 0.4) is 0 Å². The first-order valence-electron chi connectivity index (χ1n) is 3.95. The molecule has 2 rings (SSSR count). The molecular formula is C7H11N3O2. The fraction of sp³-hybridized carbons (Fsp3) is 0.714. The Morgan fingerprint density at radius 1 is 1.67 bits per heavy atom. The molecule has 12 heavy (non-hydrogen) atoms. The van der Waals surface area contributed by atoms with Gasteiger partial charge >= 0.3 is 5.97 Å². The molecule has 1 saturated heterocycles. The van der Waals surface area contributed by atoms with Crippen molar-refractivity contribution in [1.29, 1.82) is 0 Å². The van der Waals surface area contributed by atoms with Crippen LogP contribution in [-0.4, -0.2) is 37.9 Å². The topological polar surface area (TPSA) is 62.7 Å². The van der Waals surface area contributed by atoms with E-state index in [-0.39, 0.29) is 17.9 Å². The van der Waals surface area contributed by atoms with E-state index in [1.165, 1.54) is 7.11 Å². The Morgan fingerprint density at radius 2 is 2.50 bits per heavy atom. The van der Waals surface area contributed by atoms with E-state index in [1.807, 2.05) is 0 Å². The number of ether oxygens (including phenoxy) is 1. The van der Waals surface area contributed by atoms with Crippen molar-refractivity contribution in [3.05, 3.63) is 0 Å². The van der Waals surface area contributed by atoms with Gasteiger partial charge in [-0.3, -0.25) is 0 Å². The molecule has 0 aliphatic carbocycles. The summed E-state index contributed by atoms with van der Waals surface area (Å²) in [4.78, 5) is 11.1. The van der Waals surface area contributed by atoms with E-state index < -0.39 is 0 Å². The van der Waals surface area contributed by atoms with Gasteiger partial charge in [-0.05, 0) is 0 Å². The van der Waals surface area contributed by atoms with E-state index in [9.17, 15) is 4.79 Å². The van der Waals surface area contributed by atoms with Crippen LogP contribution < -0.4 is 10.7 Å². The van der Waals surface area contributed by atoms with Crippen molar-refractivity contribution in [2.24, 2.45) is 11.0 Å². The van der Waals surface area contributed by atoms with Crippen molar-refractivity contribution in [2.75, 3.05) is 20.2 Å². The van der Waals surface area contributed by atoms with Crippen LogP contribution in [0.25, 0.3) is 0 Å².